The Labute approximate surface area is 178 Å². The molecule has 0 aliphatic heterocycles. The zero-order chi connectivity index (χ0) is 21.7. The summed E-state index contributed by atoms with van der Waals surface area (Å²) in [6, 6.07) is 5.47. The van der Waals surface area contributed by atoms with Crippen molar-refractivity contribution in [3.8, 4) is 22.5 Å². The van der Waals surface area contributed by atoms with Gasteiger partial charge in [-0.1, -0.05) is 31.9 Å². The number of alkyl halides is 3. The third kappa shape index (κ3) is 4.53. The third-order valence-corrected chi connectivity index (χ3v) is 5.83. The zero-order valence-corrected chi connectivity index (χ0v) is 18.2. The van der Waals surface area contributed by atoms with E-state index >= 15 is 0 Å². The van der Waals surface area contributed by atoms with Gasteiger partial charge in [-0.3, -0.25) is 0 Å². The van der Waals surface area contributed by atoms with Gasteiger partial charge in [0.15, 0.2) is 9.84 Å². The van der Waals surface area contributed by atoms with Gasteiger partial charge in [0, 0.05) is 26.3 Å². The Morgan fingerprint density at radius 3 is 2.07 bits per heavy atom. The molecule has 0 saturated carbocycles. The summed E-state index contributed by atoms with van der Waals surface area (Å²) in [5, 5.41) is 0. The predicted octanol–water partition coefficient (Wildman–Crippen LogP) is 5.97. The Morgan fingerprint density at radius 2 is 1.55 bits per heavy atom. The minimum Gasteiger partial charge on any atom is -0.334 e. The zero-order valence-electron chi connectivity index (χ0n) is 14.2. The van der Waals surface area contributed by atoms with E-state index in [1.165, 1.54) is 12.1 Å². The van der Waals surface area contributed by atoms with Crippen LogP contribution in [0.4, 0.5) is 22.0 Å². The molecule has 1 heterocycles. The monoisotopic (exact) mass is 558 g/mol. The predicted molar refractivity (Wildman–Crippen MR) is 103 cm³/mol. The normalized spacial score (nSPS) is 12.4. The first-order valence-corrected chi connectivity index (χ1v) is 11.1. The summed E-state index contributed by atoms with van der Waals surface area (Å²) in [4.78, 5) is 4.60. The lowest BCUT2D eigenvalue weighted by Gasteiger charge is -2.08. The summed E-state index contributed by atoms with van der Waals surface area (Å²) in [5.74, 6) is -3.93. The summed E-state index contributed by atoms with van der Waals surface area (Å²) < 4.78 is 92.7. The standard InChI is InChI=1S/C17H9Br2F5N2O2S/c1-29(27,28)13-6-11(20)10(5-12(13)21)15-14(25-16(26-15)17(22,23)24)7-2-8(18)4-9(19)3-7/h2-6H,1H3,(H,25,26). The molecular weight excluding hydrogens is 551 g/mol. The molecule has 154 valence electrons. The number of nitrogens with one attached hydrogen (secondary N) is 1. The second-order valence-electron chi connectivity index (χ2n) is 6.00. The number of aromatic nitrogens is 2. The lowest BCUT2D eigenvalue weighted by atomic mass is 10.0. The minimum atomic E-state index is -4.88. The van der Waals surface area contributed by atoms with Crippen LogP contribution in [0.1, 0.15) is 5.82 Å². The highest BCUT2D eigenvalue weighted by Gasteiger charge is 2.36. The van der Waals surface area contributed by atoms with Crippen LogP contribution in [0.2, 0.25) is 0 Å². The molecular formula is C17H9Br2F5N2O2S. The summed E-state index contributed by atoms with van der Waals surface area (Å²) in [7, 11) is -4.08. The van der Waals surface area contributed by atoms with Gasteiger partial charge in [0.05, 0.1) is 11.4 Å². The second-order valence-corrected chi connectivity index (χ2v) is 9.82. The molecule has 2 aromatic carbocycles. The smallest absolute Gasteiger partial charge is 0.334 e. The van der Waals surface area contributed by atoms with Gasteiger partial charge in [-0.2, -0.15) is 13.2 Å². The number of benzene rings is 2. The molecule has 4 nitrogen and oxygen atoms in total. The fourth-order valence-electron chi connectivity index (χ4n) is 2.61. The maximum atomic E-state index is 14.6. The molecule has 0 spiro atoms. The number of H-pyrrole nitrogens is 1. The Bertz CT molecular complexity index is 1200. The fraction of sp³-hybridized carbons (Fsp3) is 0.118. The van der Waals surface area contributed by atoms with E-state index in [4.69, 9.17) is 0 Å². The molecule has 0 saturated heterocycles. The Balaban J connectivity index is 2.32. The summed E-state index contributed by atoms with van der Waals surface area (Å²) >= 11 is 6.41. The van der Waals surface area contributed by atoms with Crippen molar-refractivity contribution >= 4 is 41.7 Å². The summed E-state index contributed by atoms with van der Waals surface area (Å²) in [6.07, 6.45) is -4.19. The number of aromatic amines is 1. The molecule has 0 bridgehead atoms. The first kappa shape index (κ1) is 21.9. The highest BCUT2D eigenvalue weighted by atomic mass is 79.9. The number of hydrogen-bond acceptors (Lipinski definition) is 3. The van der Waals surface area contributed by atoms with Crippen molar-refractivity contribution in [3.05, 3.63) is 56.7 Å². The van der Waals surface area contributed by atoms with Gasteiger partial charge in [0.2, 0.25) is 5.82 Å². The van der Waals surface area contributed by atoms with Gasteiger partial charge in [-0.15, -0.1) is 0 Å². The van der Waals surface area contributed by atoms with Crippen LogP contribution in [0.15, 0.2) is 44.2 Å². The Hall–Kier alpha value is -1.79. The Kier molecular flexibility index (Phi) is 5.65. The number of nitrogens with zero attached hydrogens (tertiary/aromatic N) is 1. The van der Waals surface area contributed by atoms with Gasteiger partial charge in [-0.05, 0) is 30.3 Å². The quantitative estimate of drug-likeness (QED) is 0.402. The van der Waals surface area contributed by atoms with Crippen LogP contribution < -0.4 is 0 Å². The Morgan fingerprint density at radius 1 is 0.966 bits per heavy atom. The fourth-order valence-corrected chi connectivity index (χ4v) is 4.63. The van der Waals surface area contributed by atoms with E-state index < -0.39 is 49.6 Å². The van der Waals surface area contributed by atoms with Gasteiger partial charge < -0.3 is 4.98 Å². The minimum absolute atomic E-state index is 0.181. The number of imidazole rings is 1. The highest BCUT2D eigenvalue weighted by Crippen LogP contribution is 2.39. The first-order valence-electron chi connectivity index (χ1n) is 7.60. The number of hydrogen-bond donors (Lipinski definition) is 1. The molecule has 12 heteroatoms. The van der Waals surface area contributed by atoms with Crippen LogP contribution in [0.25, 0.3) is 22.5 Å². The van der Waals surface area contributed by atoms with Crippen LogP contribution >= 0.6 is 31.9 Å². The van der Waals surface area contributed by atoms with E-state index in [2.05, 4.69) is 36.8 Å². The van der Waals surface area contributed by atoms with Crippen molar-refractivity contribution < 1.29 is 30.4 Å². The molecule has 1 N–H and O–H groups in total. The maximum absolute atomic E-state index is 14.6. The molecule has 0 aliphatic rings. The molecule has 0 amide bonds. The molecule has 0 fully saturated rings. The van der Waals surface area contributed by atoms with Crippen molar-refractivity contribution in [2.75, 3.05) is 6.26 Å². The van der Waals surface area contributed by atoms with E-state index in [0.29, 0.717) is 27.3 Å². The van der Waals surface area contributed by atoms with Crippen LogP contribution in [-0.4, -0.2) is 24.6 Å². The van der Waals surface area contributed by atoms with Gasteiger partial charge in [-0.25, -0.2) is 22.2 Å². The van der Waals surface area contributed by atoms with Gasteiger partial charge >= 0.3 is 6.18 Å². The maximum Gasteiger partial charge on any atom is 0.449 e. The first-order chi connectivity index (χ1) is 13.3. The SMILES string of the molecule is CS(=O)(=O)c1cc(F)c(-c2[nH]c(C(F)(F)F)nc2-c2cc(Br)cc(Br)c2)cc1F. The number of sulfone groups is 1. The van der Waals surface area contributed by atoms with Crippen molar-refractivity contribution in [2.45, 2.75) is 11.1 Å². The second kappa shape index (κ2) is 7.47. The number of rotatable bonds is 3. The average Bonchev–Trinajstić information content (AvgIpc) is 3.00. The largest absolute Gasteiger partial charge is 0.449 e. The van der Waals surface area contributed by atoms with E-state index in [0.717, 1.165) is 0 Å². The lowest BCUT2D eigenvalue weighted by Crippen LogP contribution is -2.07. The molecule has 0 atom stereocenters. The van der Waals surface area contributed by atoms with Crippen molar-refractivity contribution in [3.63, 3.8) is 0 Å². The molecule has 3 rings (SSSR count). The molecule has 1 aromatic heterocycles. The van der Waals surface area contributed by atoms with E-state index in [1.54, 1.807) is 6.07 Å². The van der Waals surface area contributed by atoms with Crippen molar-refractivity contribution in [1.29, 1.82) is 0 Å². The molecule has 0 radical (unpaired) electrons. The topological polar surface area (TPSA) is 62.8 Å². The molecule has 29 heavy (non-hydrogen) atoms. The summed E-state index contributed by atoms with van der Waals surface area (Å²) in [5.41, 5.74) is -1.15. The molecule has 0 aliphatic carbocycles. The number of halogens is 7. The van der Waals surface area contributed by atoms with Crippen LogP contribution in [0.3, 0.4) is 0 Å². The molecule has 0 unspecified atom stereocenters. The van der Waals surface area contributed by atoms with E-state index in [9.17, 15) is 30.4 Å². The average molecular weight is 560 g/mol. The van der Waals surface area contributed by atoms with Crippen molar-refractivity contribution in [1.82, 2.24) is 9.97 Å². The van der Waals surface area contributed by atoms with Gasteiger partial charge in [0.1, 0.15) is 16.5 Å². The summed E-state index contributed by atoms with van der Waals surface area (Å²) in [6.45, 7) is 0. The van der Waals surface area contributed by atoms with Crippen LogP contribution in [0.5, 0.6) is 0 Å². The van der Waals surface area contributed by atoms with E-state index in [-0.39, 0.29) is 11.3 Å². The lowest BCUT2D eigenvalue weighted by molar-refractivity contribution is -0.144. The van der Waals surface area contributed by atoms with Crippen LogP contribution in [-0.2, 0) is 16.0 Å². The van der Waals surface area contributed by atoms with Crippen LogP contribution in [0, 0.1) is 11.6 Å². The molecule has 3 aromatic rings. The third-order valence-electron chi connectivity index (χ3n) is 3.80. The highest BCUT2D eigenvalue weighted by molar-refractivity contribution is 9.11. The van der Waals surface area contributed by atoms with Gasteiger partial charge in [0.25, 0.3) is 0 Å². The van der Waals surface area contributed by atoms with E-state index in [1.807, 2.05) is 4.98 Å². The van der Waals surface area contributed by atoms with Crippen molar-refractivity contribution in [2.24, 2.45) is 0 Å².